The van der Waals surface area contributed by atoms with Crippen molar-refractivity contribution >= 4 is 28.6 Å². The summed E-state index contributed by atoms with van der Waals surface area (Å²) in [5.41, 5.74) is 19.8. The molecule has 0 bridgehead atoms. The van der Waals surface area contributed by atoms with E-state index in [0.29, 0.717) is 17.2 Å². The molecule has 0 spiro atoms. The largest absolute Gasteiger partial charge is 0.399 e. The Balaban J connectivity index is 2.30. The molecule has 0 unspecified atom stereocenters. The van der Waals surface area contributed by atoms with E-state index in [1.54, 1.807) is 36.1 Å². The van der Waals surface area contributed by atoms with Crippen LogP contribution >= 0.6 is 0 Å². The third-order valence-electron chi connectivity index (χ3n) is 2.20. The molecule has 16 heavy (non-hydrogen) atoms. The molecule has 2 rings (SSSR count). The van der Waals surface area contributed by atoms with Crippen molar-refractivity contribution in [3.63, 3.8) is 0 Å². The van der Waals surface area contributed by atoms with Gasteiger partial charge >= 0.3 is 0 Å². The normalized spacial score (nSPS) is 10.3. The monoisotopic (exact) mass is 218 g/mol. The van der Waals surface area contributed by atoms with Gasteiger partial charge in [0.2, 0.25) is 0 Å². The Bertz CT molecular complexity index is 516. The number of hydrogen-bond donors (Lipinski definition) is 4. The number of nitrogen functional groups attached to an aromatic ring is 3. The fraction of sp³-hybridized carbons (Fsp3) is 0.100. The third-order valence-corrected chi connectivity index (χ3v) is 2.20. The molecule has 0 saturated heterocycles. The van der Waals surface area contributed by atoms with Gasteiger partial charge in [0.15, 0.2) is 5.82 Å². The molecule has 0 radical (unpaired) electrons. The van der Waals surface area contributed by atoms with Crippen LogP contribution in [-0.2, 0) is 7.05 Å². The number of aryl methyl sites for hydroxylation is 1. The summed E-state index contributed by atoms with van der Waals surface area (Å²) < 4.78 is 1.63. The molecule has 7 N–H and O–H groups in total. The first-order chi connectivity index (χ1) is 7.56. The predicted molar refractivity (Wildman–Crippen MR) is 66.2 cm³/mol. The molecule has 0 saturated carbocycles. The van der Waals surface area contributed by atoms with Gasteiger partial charge in [-0.2, -0.15) is 5.10 Å². The molecule has 6 heteroatoms. The Labute approximate surface area is 93.0 Å². The fourth-order valence-corrected chi connectivity index (χ4v) is 1.44. The molecule has 1 heterocycles. The SMILES string of the molecule is Cn1cc(Nc2ccc(N)cc2N)c(N)n1. The van der Waals surface area contributed by atoms with Crippen molar-refractivity contribution in [2.45, 2.75) is 0 Å². The van der Waals surface area contributed by atoms with E-state index in [-0.39, 0.29) is 0 Å². The van der Waals surface area contributed by atoms with Crippen LogP contribution in [0.1, 0.15) is 0 Å². The first-order valence-electron chi connectivity index (χ1n) is 4.77. The van der Waals surface area contributed by atoms with Gasteiger partial charge in [-0.15, -0.1) is 0 Å². The van der Waals surface area contributed by atoms with E-state index in [4.69, 9.17) is 17.2 Å². The quantitative estimate of drug-likeness (QED) is 0.560. The summed E-state index contributed by atoms with van der Waals surface area (Å²) in [7, 11) is 1.80. The summed E-state index contributed by atoms with van der Waals surface area (Å²) in [5.74, 6) is 0.429. The standard InChI is InChI=1S/C10H14N6/c1-16-5-9(10(13)15-16)14-8-3-2-6(11)4-7(8)12/h2-5,14H,11-12H2,1H3,(H2,13,15). The van der Waals surface area contributed by atoms with E-state index >= 15 is 0 Å². The van der Waals surface area contributed by atoms with E-state index in [1.165, 1.54) is 0 Å². The number of anilines is 5. The molecule has 1 aromatic carbocycles. The van der Waals surface area contributed by atoms with E-state index in [9.17, 15) is 0 Å². The number of aromatic nitrogens is 2. The van der Waals surface area contributed by atoms with Crippen LogP contribution in [0.4, 0.5) is 28.6 Å². The van der Waals surface area contributed by atoms with Crippen LogP contribution < -0.4 is 22.5 Å². The lowest BCUT2D eigenvalue weighted by Gasteiger charge is -2.08. The van der Waals surface area contributed by atoms with Gasteiger partial charge in [0.05, 0.1) is 17.6 Å². The maximum Gasteiger partial charge on any atom is 0.169 e. The van der Waals surface area contributed by atoms with Crippen molar-refractivity contribution in [3.8, 4) is 0 Å². The number of hydrogen-bond acceptors (Lipinski definition) is 5. The average Bonchev–Trinajstić information content (AvgIpc) is 2.50. The minimum Gasteiger partial charge on any atom is -0.399 e. The summed E-state index contributed by atoms with van der Waals surface area (Å²) in [6.07, 6.45) is 1.78. The lowest BCUT2D eigenvalue weighted by Crippen LogP contribution is -1.99. The summed E-state index contributed by atoms with van der Waals surface area (Å²) in [5, 5.41) is 7.12. The number of nitrogens with one attached hydrogen (secondary N) is 1. The molecule has 84 valence electrons. The summed E-state index contributed by atoms with van der Waals surface area (Å²) in [6, 6.07) is 5.26. The van der Waals surface area contributed by atoms with E-state index in [0.717, 1.165) is 11.4 Å². The molecule has 0 atom stereocenters. The lowest BCUT2D eigenvalue weighted by molar-refractivity contribution is 0.772. The van der Waals surface area contributed by atoms with Crippen molar-refractivity contribution in [1.29, 1.82) is 0 Å². The van der Waals surface area contributed by atoms with Crippen LogP contribution in [0.5, 0.6) is 0 Å². The van der Waals surface area contributed by atoms with E-state index in [1.807, 2.05) is 0 Å². The molecule has 6 nitrogen and oxygen atoms in total. The van der Waals surface area contributed by atoms with Crippen LogP contribution in [0.15, 0.2) is 24.4 Å². The predicted octanol–water partition coefficient (Wildman–Crippen LogP) is 0.910. The van der Waals surface area contributed by atoms with Gasteiger partial charge in [-0.05, 0) is 18.2 Å². The molecule has 0 aliphatic rings. The van der Waals surface area contributed by atoms with Crippen LogP contribution in [0.2, 0.25) is 0 Å². The zero-order valence-corrected chi connectivity index (χ0v) is 8.94. The van der Waals surface area contributed by atoms with Gasteiger partial charge < -0.3 is 22.5 Å². The van der Waals surface area contributed by atoms with Gasteiger partial charge in [-0.1, -0.05) is 0 Å². The van der Waals surface area contributed by atoms with Gasteiger partial charge in [0.1, 0.15) is 5.69 Å². The second kappa shape index (κ2) is 3.65. The van der Waals surface area contributed by atoms with Crippen molar-refractivity contribution in [2.24, 2.45) is 7.05 Å². The molecule has 0 fully saturated rings. The molecule has 0 amide bonds. The Morgan fingerprint density at radius 2 is 1.94 bits per heavy atom. The first-order valence-corrected chi connectivity index (χ1v) is 4.77. The van der Waals surface area contributed by atoms with E-state index in [2.05, 4.69) is 10.4 Å². The van der Waals surface area contributed by atoms with Crippen molar-refractivity contribution in [2.75, 3.05) is 22.5 Å². The zero-order chi connectivity index (χ0) is 11.7. The van der Waals surface area contributed by atoms with Crippen molar-refractivity contribution in [3.05, 3.63) is 24.4 Å². The maximum atomic E-state index is 5.82. The zero-order valence-electron chi connectivity index (χ0n) is 8.94. The molecule has 2 aromatic rings. The van der Waals surface area contributed by atoms with Crippen molar-refractivity contribution < 1.29 is 0 Å². The van der Waals surface area contributed by atoms with Crippen molar-refractivity contribution in [1.82, 2.24) is 9.78 Å². The Morgan fingerprint density at radius 3 is 2.50 bits per heavy atom. The number of rotatable bonds is 2. The number of nitrogens with zero attached hydrogens (tertiary/aromatic N) is 2. The van der Waals surface area contributed by atoms with Crippen LogP contribution in [-0.4, -0.2) is 9.78 Å². The lowest BCUT2D eigenvalue weighted by atomic mass is 10.2. The Morgan fingerprint density at radius 1 is 1.19 bits per heavy atom. The highest BCUT2D eigenvalue weighted by Crippen LogP contribution is 2.27. The van der Waals surface area contributed by atoms with Gasteiger partial charge in [0, 0.05) is 12.7 Å². The third kappa shape index (κ3) is 1.85. The molecule has 1 aromatic heterocycles. The smallest absolute Gasteiger partial charge is 0.169 e. The molecular weight excluding hydrogens is 204 g/mol. The second-order valence-corrected chi connectivity index (χ2v) is 3.57. The highest BCUT2D eigenvalue weighted by atomic mass is 15.3. The van der Waals surface area contributed by atoms with Crippen LogP contribution in [0, 0.1) is 0 Å². The minimum absolute atomic E-state index is 0.429. The van der Waals surface area contributed by atoms with Crippen LogP contribution in [0.25, 0.3) is 0 Å². The average molecular weight is 218 g/mol. The molecule has 0 aliphatic carbocycles. The topological polar surface area (TPSA) is 108 Å². The Hall–Kier alpha value is -2.37. The number of nitrogens with two attached hydrogens (primary N) is 3. The minimum atomic E-state index is 0.429. The fourth-order valence-electron chi connectivity index (χ4n) is 1.44. The maximum absolute atomic E-state index is 5.82. The highest BCUT2D eigenvalue weighted by molar-refractivity contribution is 5.78. The summed E-state index contributed by atoms with van der Waals surface area (Å²) in [6.45, 7) is 0. The second-order valence-electron chi connectivity index (χ2n) is 3.57. The summed E-state index contributed by atoms with van der Waals surface area (Å²) >= 11 is 0. The van der Waals surface area contributed by atoms with Gasteiger partial charge in [0.25, 0.3) is 0 Å². The van der Waals surface area contributed by atoms with Gasteiger partial charge in [-0.3, -0.25) is 4.68 Å². The Kier molecular flexibility index (Phi) is 2.32. The first kappa shape index (κ1) is 10.2. The van der Waals surface area contributed by atoms with E-state index < -0.39 is 0 Å². The van der Waals surface area contributed by atoms with Gasteiger partial charge in [-0.25, -0.2) is 0 Å². The van der Waals surface area contributed by atoms with Crippen LogP contribution in [0.3, 0.4) is 0 Å². The number of benzene rings is 1. The molecular formula is C10H14N6. The highest BCUT2D eigenvalue weighted by Gasteiger charge is 2.06. The summed E-state index contributed by atoms with van der Waals surface area (Å²) in [4.78, 5) is 0. The molecule has 0 aliphatic heterocycles.